The highest BCUT2D eigenvalue weighted by atomic mass is 19.1. The quantitative estimate of drug-likeness (QED) is 0.610. The molecule has 1 saturated carbocycles. The smallest absolute Gasteiger partial charge is 0.143 e. The van der Waals surface area contributed by atoms with Crippen LogP contribution in [0.25, 0.3) is 11.0 Å². The van der Waals surface area contributed by atoms with Gasteiger partial charge in [-0.2, -0.15) is 0 Å². The molecular formula is C22H25FN4O3. The Bertz CT molecular complexity index is 1100. The molecule has 0 unspecified atom stereocenters. The Labute approximate surface area is 173 Å². The topological polar surface area (TPSA) is 92.4 Å². The van der Waals surface area contributed by atoms with E-state index in [1.54, 1.807) is 12.3 Å². The van der Waals surface area contributed by atoms with Crippen molar-refractivity contribution in [1.29, 1.82) is 0 Å². The molecule has 0 amide bonds. The maximum absolute atomic E-state index is 14.9. The van der Waals surface area contributed by atoms with Crippen LogP contribution < -0.4 is 10.1 Å². The largest absolute Gasteiger partial charge is 0.485 e. The van der Waals surface area contributed by atoms with Crippen LogP contribution in [0.15, 0.2) is 30.9 Å². The van der Waals surface area contributed by atoms with Crippen LogP contribution in [-0.4, -0.2) is 49.6 Å². The minimum atomic E-state index is -1.07. The summed E-state index contributed by atoms with van der Waals surface area (Å²) >= 11 is 0. The van der Waals surface area contributed by atoms with Crippen molar-refractivity contribution in [2.75, 3.05) is 11.9 Å². The molecule has 7 nitrogen and oxygen atoms in total. The molecular weight excluding hydrogens is 387 g/mol. The molecule has 0 bridgehead atoms. The molecule has 2 aromatic heterocycles. The number of aliphatic hydroxyl groups excluding tert-OH is 2. The lowest BCUT2D eigenvalue weighted by atomic mass is 9.97. The number of rotatable bonds is 4. The van der Waals surface area contributed by atoms with Gasteiger partial charge < -0.3 is 24.8 Å². The molecule has 3 N–H and O–H groups in total. The molecule has 1 aliphatic carbocycles. The Morgan fingerprint density at radius 2 is 2.13 bits per heavy atom. The van der Waals surface area contributed by atoms with E-state index < -0.39 is 18.3 Å². The summed E-state index contributed by atoms with van der Waals surface area (Å²) in [7, 11) is 0. The Morgan fingerprint density at radius 1 is 1.30 bits per heavy atom. The van der Waals surface area contributed by atoms with Gasteiger partial charge in [0.1, 0.15) is 41.9 Å². The second-order valence-corrected chi connectivity index (χ2v) is 8.43. The van der Waals surface area contributed by atoms with Gasteiger partial charge in [0, 0.05) is 36.3 Å². The van der Waals surface area contributed by atoms with E-state index in [1.807, 2.05) is 30.7 Å². The van der Waals surface area contributed by atoms with Crippen molar-refractivity contribution in [3.05, 3.63) is 47.8 Å². The van der Waals surface area contributed by atoms with Gasteiger partial charge in [-0.1, -0.05) is 13.8 Å². The first kappa shape index (κ1) is 19.3. The molecule has 8 heteroatoms. The summed E-state index contributed by atoms with van der Waals surface area (Å²) in [4.78, 5) is 8.33. The second-order valence-electron chi connectivity index (χ2n) is 8.43. The van der Waals surface area contributed by atoms with Crippen LogP contribution >= 0.6 is 0 Å². The van der Waals surface area contributed by atoms with Gasteiger partial charge in [0.2, 0.25) is 0 Å². The average molecular weight is 412 g/mol. The normalized spacial score (nSPS) is 25.7. The highest BCUT2D eigenvalue weighted by Crippen LogP contribution is 2.42. The summed E-state index contributed by atoms with van der Waals surface area (Å²) < 4.78 is 22.9. The number of halogens is 1. The standard InChI is InChI=1S/C22H25FN4O3/c1-11(2)14-7-16(19-13(18(14)23)3-5-25-19)30-17-8-15(20(28)21(17)29)27-6-4-12-9-24-10-26-22(12)27/h4,6-7,9-11,15,17,20-21,25,28-29H,3,5,8H2,1-2H3/t15-,17+,20+,21-/m1/s1. The Morgan fingerprint density at radius 3 is 2.93 bits per heavy atom. The maximum Gasteiger partial charge on any atom is 0.143 e. The van der Waals surface area contributed by atoms with Gasteiger partial charge in [-0.25, -0.2) is 14.4 Å². The van der Waals surface area contributed by atoms with Crippen LogP contribution in [0.3, 0.4) is 0 Å². The van der Waals surface area contributed by atoms with E-state index in [0.717, 1.165) is 5.39 Å². The minimum absolute atomic E-state index is 0.0102. The highest BCUT2D eigenvalue weighted by Gasteiger charge is 2.45. The molecule has 1 fully saturated rings. The number of aliphatic hydroxyl groups is 2. The van der Waals surface area contributed by atoms with Gasteiger partial charge in [-0.3, -0.25) is 0 Å². The number of nitrogens with one attached hydrogen (secondary N) is 1. The summed E-state index contributed by atoms with van der Waals surface area (Å²) in [6.45, 7) is 4.54. The molecule has 2 aliphatic rings. The number of nitrogens with zero attached hydrogens (tertiary/aromatic N) is 3. The Kier molecular flexibility index (Phi) is 4.63. The maximum atomic E-state index is 14.9. The molecule has 0 spiro atoms. The first-order valence-electron chi connectivity index (χ1n) is 10.3. The SMILES string of the molecule is CC(C)c1cc(O[C@H]2C[C@@H](n3ccc4cncnc43)[C@H](O)[C@@H]2O)c2c(c1F)CCN2. The number of hydrogen-bond acceptors (Lipinski definition) is 6. The van der Waals surface area contributed by atoms with E-state index in [9.17, 15) is 14.6 Å². The van der Waals surface area contributed by atoms with E-state index in [2.05, 4.69) is 15.3 Å². The van der Waals surface area contributed by atoms with Gasteiger partial charge in [-0.15, -0.1) is 0 Å². The number of benzene rings is 1. The molecule has 30 heavy (non-hydrogen) atoms. The Hall–Kier alpha value is -2.71. The number of fused-ring (bicyclic) bond motifs is 2. The van der Waals surface area contributed by atoms with Crippen molar-refractivity contribution >= 4 is 16.7 Å². The third-order valence-corrected chi connectivity index (χ3v) is 6.26. The van der Waals surface area contributed by atoms with Gasteiger partial charge in [-0.05, 0) is 30.0 Å². The lowest BCUT2D eigenvalue weighted by Crippen LogP contribution is -2.34. The molecule has 1 aromatic carbocycles. The average Bonchev–Trinajstić information content (AvgIpc) is 3.44. The summed E-state index contributed by atoms with van der Waals surface area (Å²) in [5, 5.41) is 25.5. The minimum Gasteiger partial charge on any atom is -0.485 e. The highest BCUT2D eigenvalue weighted by molar-refractivity contribution is 5.75. The molecule has 3 aromatic rings. The lowest BCUT2D eigenvalue weighted by Gasteiger charge is -2.22. The predicted molar refractivity (Wildman–Crippen MR) is 110 cm³/mol. The van der Waals surface area contributed by atoms with E-state index in [1.165, 1.54) is 6.33 Å². The third-order valence-electron chi connectivity index (χ3n) is 6.26. The third kappa shape index (κ3) is 2.94. The van der Waals surface area contributed by atoms with Crippen molar-refractivity contribution in [3.63, 3.8) is 0 Å². The number of ether oxygens (including phenoxy) is 1. The Balaban J connectivity index is 1.46. The van der Waals surface area contributed by atoms with Crippen LogP contribution in [0, 0.1) is 5.82 Å². The fourth-order valence-electron chi connectivity index (χ4n) is 4.65. The number of aromatic nitrogens is 3. The van der Waals surface area contributed by atoms with Crippen LogP contribution in [-0.2, 0) is 6.42 Å². The first-order chi connectivity index (χ1) is 14.5. The molecule has 1 aliphatic heterocycles. The van der Waals surface area contributed by atoms with E-state index in [-0.39, 0.29) is 17.8 Å². The van der Waals surface area contributed by atoms with Crippen LogP contribution in [0.4, 0.5) is 10.1 Å². The molecule has 0 saturated heterocycles. The van der Waals surface area contributed by atoms with Crippen molar-refractivity contribution in [3.8, 4) is 5.75 Å². The zero-order valence-corrected chi connectivity index (χ0v) is 16.9. The molecule has 5 rings (SSSR count). The zero-order valence-electron chi connectivity index (χ0n) is 16.9. The lowest BCUT2D eigenvalue weighted by molar-refractivity contribution is -0.0162. The fourth-order valence-corrected chi connectivity index (χ4v) is 4.65. The fraction of sp³-hybridized carbons (Fsp3) is 0.455. The zero-order chi connectivity index (χ0) is 21.0. The van der Waals surface area contributed by atoms with Crippen LogP contribution in [0.1, 0.15) is 43.4 Å². The van der Waals surface area contributed by atoms with E-state index in [0.29, 0.717) is 47.6 Å². The van der Waals surface area contributed by atoms with Crippen molar-refractivity contribution in [2.24, 2.45) is 0 Å². The summed E-state index contributed by atoms with van der Waals surface area (Å²) in [5.74, 6) is 0.362. The predicted octanol–water partition coefficient (Wildman–Crippen LogP) is 2.78. The molecule has 158 valence electrons. The summed E-state index contributed by atoms with van der Waals surface area (Å²) in [5.41, 5.74) is 2.59. The van der Waals surface area contributed by atoms with Crippen LogP contribution in [0.5, 0.6) is 5.75 Å². The molecule has 4 atom stereocenters. The first-order valence-corrected chi connectivity index (χ1v) is 10.3. The second kappa shape index (κ2) is 7.21. The monoisotopic (exact) mass is 412 g/mol. The van der Waals surface area contributed by atoms with Crippen molar-refractivity contribution < 1.29 is 19.3 Å². The molecule has 0 radical (unpaired) electrons. The van der Waals surface area contributed by atoms with Crippen molar-refractivity contribution in [2.45, 2.75) is 57.0 Å². The van der Waals surface area contributed by atoms with Gasteiger partial charge in [0.05, 0.1) is 11.7 Å². The van der Waals surface area contributed by atoms with Gasteiger partial charge >= 0.3 is 0 Å². The molecule has 3 heterocycles. The number of hydrogen-bond donors (Lipinski definition) is 3. The van der Waals surface area contributed by atoms with E-state index in [4.69, 9.17) is 4.74 Å². The number of anilines is 1. The summed E-state index contributed by atoms with van der Waals surface area (Å²) in [6.07, 6.45) is 3.32. The van der Waals surface area contributed by atoms with Gasteiger partial charge in [0.15, 0.2) is 0 Å². The van der Waals surface area contributed by atoms with Crippen LogP contribution in [0.2, 0.25) is 0 Å². The summed E-state index contributed by atoms with van der Waals surface area (Å²) in [6, 6.07) is 3.22. The van der Waals surface area contributed by atoms with E-state index >= 15 is 0 Å². The van der Waals surface area contributed by atoms with Gasteiger partial charge in [0.25, 0.3) is 0 Å². The van der Waals surface area contributed by atoms with Crippen molar-refractivity contribution in [1.82, 2.24) is 14.5 Å².